The number of nitro benzene ring substituents is 1. The molecule has 0 spiro atoms. The van der Waals surface area contributed by atoms with Crippen molar-refractivity contribution in [2.24, 2.45) is 0 Å². The normalized spacial score (nSPS) is 10.1. The van der Waals surface area contributed by atoms with Gasteiger partial charge in [-0.05, 0) is 19.1 Å². The van der Waals surface area contributed by atoms with Gasteiger partial charge in [0.25, 0.3) is 17.5 Å². The maximum absolute atomic E-state index is 11.7. The number of benzene rings is 1. The number of nitro groups is 1. The van der Waals surface area contributed by atoms with Gasteiger partial charge in [-0.3, -0.25) is 25.0 Å². The predicted molar refractivity (Wildman–Crippen MR) is 71.3 cm³/mol. The van der Waals surface area contributed by atoms with Crippen LogP contribution in [0.2, 0.25) is 0 Å². The smallest absolute Gasteiger partial charge is 0.330 e. The number of rotatable bonds is 5. The first-order valence-electron chi connectivity index (χ1n) is 5.88. The van der Waals surface area contributed by atoms with Crippen LogP contribution in [0.25, 0.3) is 0 Å². The number of amides is 2. The molecule has 1 aromatic rings. The van der Waals surface area contributed by atoms with Gasteiger partial charge in [-0.1, -0.05) is 0 Å². The molecule has 1 rings (SSSR count). The van der Waals surface area contributed by atoms with Gasteiger partial charge in [-0.2, -0.15) is 0 Å². The second-order valence-electron chi connectivity index (χ2n) is 3.71. The standard InChI is InChI=1S/C13H12N2O6/c1-2-21-12(17)8-7-11(16)14-13(18)9-3-5-10(6-4-9)15(19)20/h3-8H,2H2,1H3,(H,14,16,18)/b8-7+. The molecule has 1 aromatic carbocycles. The highest BCUT2D eigenvalue weighted by Crippen LogP contribution is 2.11. The maximum atomic E-state index is 11.7. The minimum atomic E-state index is -0.800. The minimum Gasteiger partial charge on any atom is -0.463 e. The summed E-state index contributed by atoms with van der Waals surface area (Å²) >= 11 is 0. The second kappa shape index (κ2) is 7.53. The van der Waals surface area contributed by atoms with Crippen LogP contribution in [-0.2, 0) is 14.3 Å². The highest BCUT2D eigenvalue weighted by molar-refractivity contribution is 6.09. The fraction of sp³-hybridized carbons (Fsp3) is 0.154. The number of esters is 1. The summed E-state index contributed by atoms with van der Waals surface area (Å²) in [7, 11) is 0. The number of hydrogen-bond acceptors (Lipinski definition) is 6. The van der Waals surface area contributed by atoms with Crippen molar-refractivity contribution in [3.63, 3.8) is 0 Å². The number of carbonyl (C=O) groups excluding carboxylic acids is 3. The quantitative estimate of drug-likeness (QED) is 0.374. The van der Waals surface area contributed by atoms with E-state index in [0.717, 1.165) is 24.3 Å². The third kappa shape index (κ3) is 5.23. The number of non-ortho nitro benzene ring substituents is 1. The molecule has 1 N–H and O–H groups in total. The molecule has 0 saturated heterocycles. The lowest BCUT2D eigenvalue weighted by atomic mass is 10.2. The van der Waals surface area contributed by atoms with E-state index < -0.39 is 22.7 Å². The molecule has 0 atom stereocenters. The summed E-state index contributed by atoms with van der Waals surface area (Å²) in [4.78, 5) is 43.9. The van der Waals surface area contributed by atoms with Gasteiger partial charge in [0.15, 0.2) is 0 Å². The zero-order chi connectivity index (χ0) is 15.8. The van der Waals surface area contributed by atoms with Crippen LogP contribution < -0.4 is 5.32 Å². The van der Waals surface area contributed by atoms with Crippen molar-refractivity contribution >= 4 is 23.5 Å². The van der Waals surface area contributed by atoms with Crippen LogP contribution in [0.15, 0.2) is 36.4 Å². The number of nitrogens with one attached hydrogen (secondary N) is 1. The third-order valence-electron chi connectivity index (χ3n) is 2.23. The summed E-state index contributed by atoms with van der Waals surface area (Å²) in [6, 6.07) is 4.73. The molecular formula is C13H12N2O6. The largest absolute Gasteiger partial charge is 0.463 e. The molecule has 0 radical (unpaired) electrons. The Labute approximate surface area is 119 Å². The Kier molecular flexibility index (Phi) is 5.75. The van der Waals surface area contributed by atoms with E-state index in [1.807, 2.05) is 5.32 Å². The molecule has 0 aliphatic carbocycles. The molecule has 0 saturated carbocycles. The Balaban J connectivity index is 2.62. The van der Waals surface area contributed by atoms with E-state index in [1.54, 1.807) is 6.92 Å². The number of imide groups is 1. The minimum absolute atomic E-state index is 0.0819. The highest BCUT2D eigenvalue weighted by Gasteiger charge is 2.11. The van der Waals surface area contributed by atoms with Crippen molar-refractivity contribution in [1.29, 1.82) is 0 Å². The molecule has 21 heavy (non-hydrogen) atoms. The van der Waals surface area contributed by atoms with Crippen LogP contribution in [0.4, 0.5) is 5.69 Å². The first kappa shape index (κ1) is 16.0. The molecule has 8 heteroatoms. The molecule has 0 bridgehead atoms. The molecule has 8 nitrogen and oxygen atoms in total. The fourth-order valence-corrected chi connectivity index (χ4v) is 1.29. The van der Waals surface area contributed by atoms with E-state index in [4.69, 9.17) is 0 Å². The van der Waals surface area contributed by atoms with Crippen molar-refractivity contribution in [1.82, 2.24) is 5.32 Å². The topological polar surface area (TPSA) is 116 Å². The Bertz CT molecular complexity index is 591. The molecule has 110 valence electrons. The molecule has 0 unspecified atom stereocenters. The lowest BCUT2D eigenvalue weighted by molar-refractivity contribution is -0.384. The van der Waals surface area contributed by atoms with E-state index in [2.05, 4.69) is 4.74 Å². The molecule has 0 aliphatic heterocycles. The van der Waals surface area contributed by atoms with Crippen molar-refractivity contribution in [3.05, 3.63) is 52.1 Å². The van der Waals surface area contributed by atoms with Crippen LogP contribution in [-0.4, -0.2) is 29.3 Å². The summed E-state index contributed by atoms with van der Waals surface area (Å²) in [5.74, 6) is -2.23. The highest BCUT2D eigenvalue weighted by atomic mass is 16.6. The van der Waals surface area contributed by atoms with Crippen LogP contribution in [0.5, 0.6) is 0 Å². The average molecular weight is 292 g/mol. The molecule has 0 aliphatic rings. The number of carbonyl (C=O) groups is 3. The Hall–Kier alpha value is -3.03. The Morgan fingerprint density at radius 2 is 1.86 bits per heavy atom. The second-order valence-corrected chi connectivity index (χ2v) is 3.71. The monoisotopic (exact) mass is 292 g/mol. The van der Waals surface area contributed by atoms with Crippen LogP contribution >= 0.6 is 0 Å². The third-order valence-corrected chi connectivity index (χ3v) is 2.23. The lowest BCUT2D eigenvalue weighted by Gasteiger charge is -2.01. The first-order chi connectivity index (χ1) is 9.93. The SMILES string of the molecule is CCOC(=O)/C=C/C(=O)NC(=O)c1ccc([N+](=O)[O-])cc1. The van der Waals surface area contributed by atoms with Gasteiger partial charge >= 0.3 is 5.97 Å². The van der Waals surface area contributed by atoms with E-state index in [-0.39, 0.29) is 17.9 Å². The van der Waals surface area contributed by atoms with Gasteiger partial charge < -0.3 is 4.74 Å². The van der Waals surface area contributed by atoms with Crippen molar-refractivity contribution < 1.29 is 24.0 Å². The lowest BCUT2D eigenvalue weighted by Crippen LogP contribution is -2.28. The van der Waals surface area contributed by atoms with Crippen LogP contribution in [0.3, 0.4) is 0 Å². The fourth-order valence-electron chi connectivity index (χ4n) is 1.29. The summed E-state index contributed by atoms with van der Waals surface area (Å²) in [6.07, 6.45) is 1.75. The van der Waals surface area contributed by atoms with E-state index in [1.165, 1.54) is 12.1 Å². The van der Waals surface area contributed by atoms with Gasteiger partial charge in [0.2, 0.25) is 0 Å². The summed E-state index contributed by atoms with van der Waals surface area (Å²) in [5.41, 5.74) is -0.0847. The van der Waals surface area contributed by atoms with Gasteiger partial charge in [-0.15, -0.1) is 0 Å². The molecule has 2 amide bonds. The molecule has 0 heterocycles. The van der Waals surface area contributed by atoms with Gasteiger partial charge in [0.1, 0.15) is 0 Å². The van der Waals surface area contributed by atoms with E-state index in [0.29, 0.717) is 0 Å². The van der Waals surface area contributed by atoms with Crippen molar-refractivity contribution in [2.75, 3.05) is 6.61 Å². The molecule has 0 fully saturated rings. The number of nitrogens with zero attached hydrogens (tertiary/aromatic N) is 1. The maximum Gasteiger partial charge on any atom is 0.330 e. The Morgan fingerprint density at radius 3 is 2.38 bits per heavy atom. The van der Waals surface area contributed by atoms with E-state index >= 15 is 0 Å². The number of ether oxygens (including phenoxy) is 1. The zero-order valence-corrected chi connectivity index (χ0v) is 11.1. The predicted octanol–water partition coefficient (Wildman–Crippen LogP) is 0.970. The van der Waals surface area contributed by atoms with Gasteiger partial charge in [0.05, 0.1) is 11.5 Å². The Morgan fingerprint density at radius 1 is 1.24 bits per heavy atom. The van der Waals surface area contributed by atoms with Crippen molar-refractivity contribution in [2.45, 2.75) is 6.92 Å². The van der Waals surface area contributed by atoms with Gasteiger partial charge in [-0.25, -0.2) is 4.79 Å². The molecule has 0 aromatic heterocycles. The van der Waals surface area contributed by atoms with Gasteiger partial charge in [0, 0.05) is 29.8 Å². The first-order valence-corrected chi connectivity index (χ1v) is 5.88. The summed E-state index contributed by atoms with van der Waals surface area (Å²) < 4.78 is 4.56. The van der Waals surface area contributed by atoms with Crippen molar-refractivity contribution in [3.8, 4) is 0 Å². The zero-order valence-electron chi connectivity index (χ0n) is 11.1. The summed E-state index contributed by atoms with van der Waals surface area (Å²) in [5, 5.41) is 12.5. The summed E-state index contributed by atoms with van der Waals surface area (Å²) in [6.45, 7) is 1.79. The van der Waals surface area contributed by atoms with Crippen LogP contribution in [0, 0.1) is 10.1 Å². The molecular weight excluding hydrogens is 280 g/mol. The average Bonchev–Trinajstić information content (AvgIpc) is 2.45. The van der Waals surface area contributed by atoms with E-state index in [9.17, 15) is 24.5 Å². The number of hydrogen-bond donors (Lipinski definition) is 1. The van der Waals surface area contributed by atoms with Crippen LogP contribution in [0.1, 0.15) is 17.3 Å².